The first-order chi connectivity index (χ1) is 14.4. The van der Waals surface area contributed by atoms with Crippen molar-refractivity contribution in [1.29, 1.82) is 0 Å². The Balaban J connectivity index is 1.42. The van der Waals surface area contributed by atoms with Crippen LogP contribution in [0.25, 0.3) is 0 Å². The number of pyridine rings is 1. The highest BCUT2D eigenvalue weighted by Gasteiger charge is 2.33. The molecule has 1 aliphatic heterocycles. The first-order valence-corrected chi connectivity index (χ1v) is 11.3. The maximum Gasteiger partial charge on any atom is 0.309 e. The minimum Gasteiger partial charge on any atom is -0.455 e. The molecule has 0 spiro atoms. The van der Waals surface area contributed by atoms with E-state index in [0.29, 0.717) is 24.4 Å². The number of carbonyl (C=O) groups excluding carboxylic acids is 2. The Morgan fingerprint density at radius 2 is 1.87 bits per heavy atom. The second-order valence-electron chi connectivity index (χ2n) is 6.88. The van der Waals surface area contributed by atoms with Gasteiger partial charge in [-0.25, -0.2) is 8.42 Å². The number of esters is 1. The molecule has 30 heavy (non-hydrogen) atoms. The average Bonchev–Trinajstić information content (AvgIpc) is 2.77. The molecular weight excluding hydrogens is 430 g/mol. The van der Waals surface area contributed by atoms with Gasteiger partial charge in [0.15, 0.2) is 6.61 Å². The number of halogens is 1. The molecule has 0 saturated carbocycles. The summed E-state index contributed by atoms with van der Waals surface area (Å²) in [6.07, 6.45) is 3.49. The molecule has 2 aromatic rings. The van der Waals surface area contributed by atoms with Gasteiger partial charge in [-0.05, 0) is 42.7 Å². The third kappa shape index (κ3) is 5.78. The third-order valence-corrected chi connectivity index (χ3v) is 6.94. The minimum atomic E-state index is -3.63. The maximum atomic E-state index is 12.6. The summed E-state index contributed by atoms with van der Waals surface area (Å²) < 4.78 is 31.6. The normalized spacial score (nSPS) is 15.5. The van der Waals surface area contributed by atoms with Crippen molar-refractivity contribution in [3.05, 3.63) is 59.4 Å². The van der Waals surface area contributed by atoms with Crippen LogP contribution in [0.5, 0.6) is 0 Å². The number of ether oxygens (including phenoxy) is 1. The number of nitrogens with one attached hydrogen (secondary N) is 1. The van der Waals surface area contributed by atoms with Gasteiger partial charge in [0.25, 0.3) is 5.91 Å². The molecule has 160 valence electrons. The van der Waals surface area contributed by atoms with Crippen molar-refractivity contribution < 1.29 is 22.7 Å². The molecule has 1 aromatic heterocycles. The summed E-state index contributed by atoms with van der Waals surface area (Å²) in [5, 5.41) is 3.28. The predicted molar refractivity (Wildman–Crippen MR) is 110 cm³/mol. The Kier molecular flexibility index (Phi) is 7.41. The molecule has 1 saturated heterocycles. The van der Waals surface area contributed by atoms with Crippen molar-refractivity contribution in [2.24, 2.45) is 5.92 Å². The number of hydrogen-bond donors (Lipinski definition) is 1. The van der Waals surface area contributed by atoms with Crippen LogP contribution in [0.3, 0.4) is 0 Å². The fourth-order valence-electron chi connectivity index (χ4n) is 3.09. The van der Waals surface area contributed by atoms with Gasteiger partial charge >= 0.3 is 5.97 Å². The van der Waals surface area contributed by atoms with Gasteiger partial charge in [-0.1, -0.05) is 23.7 Å². The van der Waals surface area contributed by atoms with Gasteiger partial charge in [-0.15, -0.1) is 0 Å². The van der Waals surface area contributed by atoms with Crippen LogP contribution >= 0.6 is 11.6 Å². The predicted octanol–water partition coefficient (Wildman–Crippen LogP) is 2.00. The highest BCUT2D eigenvalue weighted by atomic mass is 35.5. The highest BCUT2D eigenvalue weighted by molar-refractivity contribution is 7.89. The zero-order valence-electron chi connectivity index (χ0n) is 16.2. The van der Waals surface area contributed by atoms with E-state index in [9.17, 15) is 18.0 Å². The number of nitrogens with zero attached hydrogens (tertiary/aromatic N) is 2. The second kappa shape index (κ2) is 10.0. The van der Waals surface area contributed by atoms with Crippen molar-refractivity contribution in [1.82, 2.24) is 14.6 Å². The van der Waals surface area contributed by atoms with Gasteiger partial charge in [-0.3, -0.25) is 14.6 Å². The van der Waals surface area contributed by atoms with E-state index in [4.69, 9.17) is 16.3 Å². The number of benzene rings is 1. The molecule has 8 nitrogen and oxygen atoms in total. The topological polar surface area (TPSA) is 106 Å². The number of piperidine rings is 1. The van der Waals surface area contributed by atoms with E-state index in [1.54, 1.807) is 30.3 Å². The lowest BCUT2D eigenvalue weighted by molar-refractivity contribution is -0.153. The summed E-state index contributed by atoms with van der Waals surface area (Å²) in [4.78, 5) is 28.1. The Bertz CT molecular complexity index is 975. The molecule has 0 atom stereocenters. The van der Waals surface area contributed by atoms with E-state index in [1.165, 1.54) is 22.8 Å². The minimum absolute atomic E-state index is 0.128. The lowest BCUT2D eigenvalue weighted by atomic mass is 9.98. The van der Waals surface area contributed by atoms with Gasteiger partial charge < -0.3 is 10.1 Å². The largest absolute Gasteiger partial charge is 0.455 e. The van der Waals surface area contributed by atoms with Crippen molar-refractivity contribution in [2.75, 3.05) is 19.7 Å². The SMILES string of the molecule is O=C(COC(=O)C1CCN(S(=O)(=O)c2cccnc2)CC1)NCc1ccc(Cl)cc1. The van der Waals surface area contributed by atoms with E-state index in [-0.39, 0.29) is 24.6 Å². The molecule has 1 amide bonds. The van der Waals surface area contributed by atoms with Crippen LogP contribution < -0.4 is 5.32 Å². The van der Waals surface area contributed by atoms with E-state index >= 15 is 0 Å². The number of hydrogen-bond acceptors (Lipinski definition) is 6. The van der Waals surface area contributed by atoms with Crippen LogP contribution in [-0.4, -0.2) is 49.3 Å². The lowest BCUT2D eigenvalue weighted by Gasteiger charge is -2.29. The molecule has 3 rings (SSSR count). The third-order valence-electron chi connectivity index (χ3n) is 4.81. The summed E-state index contributed by atoms with van der Waals surface area (Å²) in [5.41, 5.74) is 0.876. The highest BCUT2D eigenvalue weighted by Crippen LogP contribution is 2.24. The lowest BCUT2D eigenvalue weighted by Crippen LogP contribution is -2.41. The summed E-state index contributed by atoms with van der Waals surface area (Å²) >= 11 is 5.81. The zero-order chi connectivity index (χ0) is 21.6. The second-order valence-corrected chi connectivity index (χ2v) is 9.25. The van der Waals surface area contributed by atoms with Crippen LogP contribution in [0.15, 0.2) is 53.7 Å². The van der Waals surface area contributed by atoms with Crippen LogP contribution in [0.4, 0.5) is 0 Å². The van der Waals surface area contributed by atoms with Gasteiger partial charge in [0.1, 0.15) is 4.90 Å². The smallest absolute Gasteiger partial charge is 0.309 e. The van der Waals surface area contributed by atoms with Gasteiger partial charge in [0.05, 0.1) is 5.92 Å². The number of amides is 1. The zero-order valence-corrected chi connectivity index (χ0v) is 17.7. The maximum absolute atomic E-state index is 12.6. The Hall–Kier alpha value is -2.49. The van der Waals surface area contributed by atoms with E-state index < -0.39 is 27.8 Å². The Morgan fingerprint density at radius 1 is 1.17 bits per heavy atom. The Morgan fingerprint density at radius 3 is 2.50 bits per heavy atom. The van der Waals surface area contributed by atoms with Crippen molar-refractivity contribution in [2.45, 2.75) is 24.3 Å². The fourth-order valence-corrected chi connectivity index (χ4v) is 4.65. The molecular formula is C20H22ClN3O5S. The van der Waals surface area contributed by atoms with Crippen molar-refractivity contribution in [3.63, 3.8) is 0 Å². The van der Waals surface area contributed by atoms with Gasteiger partial charge in [-0.2, -0.15) is 4.31 Å². The summed E-state index contributed by atoms with van der Waals surface area (Å²) in [6, 6.07) is 10.1. The molecule has 10 heteroatoms. The fraction of sp³-hybridized carbons (Fsp3) is 0.350. The molecule has 2 heterocycles. The van der Waals surface area contributed by atoms with Crippen LogP contribution in [-0.2, 0) is 30.9 Å². The summed E-state index contributed by atoms with van der Waals surface area (Å²) in [5.74, 6) is -1.33. The monoisotopic (exact) mass is 451 g/mol. The van der Waals surface area contributed by atoms with E-state index in [2.05, 4.69) is 10.3 Å². The van der Waals surface area contributed by atoms with Gasteiger partial charge in [0.2, 0.25) is 10.0 Å². The molecule has 0 radical (unpaired) electrons. The Labute approximate surface area is 180 Å². The molecule has 1 aromatic carbocycles. The quantitative estimate of drug-likeness (QED) is 0.645. The molecule has 1 aliphatic rings. The van der Waals surface area contributed by atoms with Crippen molar-refractivity contribution >= 4 is 33.5 Å². The average molecular weight is 452 g/mol. The summed E-state index contributed by atoms with van der Waals surface area (Å²) in [7, 11) is -3.63. The number of sulfonamides is 1. The van der Waals surface area contributed by atoms with Crippen LogP contribution in [0, 0.1) is 5.92 Å². The van der Waals surface area contributed by atoms with E-state index in [1.807, 2.05) is 0 Å². The molecule has 0 aliphatic carbocycles. The number of rotatable bonds is 7. The first kappa shape index (κ1) is 22.2. The molecule has 1 fully saturated rings. The van der Waals surface area contributed by atoms with Crippen LogP contribution in [0.2, 0.25) is 5.02 Å². The molecule has 0 unspecified atom stereocenters. The molecule has 1 N–H and O–H groups in total. The molecule has 0 bridgehead atoms. The first-order valence-electron chi connectivity index (χ1n) is 9.44. The standard InChI is InChI=1S/C20H22ClN3O5S/c21-17-5-3-15(4-6-17)12-23-19(25)14-29-20(26)16-7-10-24(11-8-16)30(27,28)18-2-1-9-22-13-18/h1-6,9,13,16H,7-8,10-12,14H2,(H,23,25). The number of aromatic nitrogens is 1. The van der Waals surface area contributed by atoms with E-state index in [0.717, 1.165) is 5.56 Å². The summed E-state index contributed by atoms with van der Waals surface area (Å²) in [6.45, 7) is 0.346. The van der Waals surface area contributed by atoms with Crippen LogP contribution in [0.1, 0.15) is 18.4 Å². The number of carbonyl (C=O) groups is 2. The van der Waals surface area contributed by atoms with Gasteiger partial charge in [0, 0.05) is 37.1 Å². The van der Waals surface area contributed by atoms with Crippen molar-refractivity contribution in [3.8, 4) is 0 Å².